The Labute approximate surface area is 205 Å². The zero-order valence-corrected chi connectivity index (χ0v) is 21.2. The van der Waals surface area contributed by atoms with Crippen LogP contribution in [0, 0.1) is 0 Å². The third-order valence-corrected chi connectivity index (χ3v) is 6.01. The lowest BCUT2D eigenvalue weighted by molar-refractivity contribution is -0.670. The Kier molecular flexibility index (Phi) is 7.05. The molecule has 0 unspecified atom stereocenters. The summed E-state index contributed by atoms with van der Waals surface area (Å²) >= 11 is 12.4. The number of aromatic nitrogens is 2. The van der Waals surface area contributed by atoms with Gasteiger partial charge in [-0.3, -0.25) is 0 Å². The van der Waals surface area contributed by atoms with Gasteiger partial charge in [0.15, 0.2) is 11.0 Å². The van der Waals surface area contributed by atoms with Crippen LogP contribution < -0.4 is 38.3 Å². The van der Waals surface area contributed by atoms with E-state index in [1.807, 2.05) is 24.3 Å². The lowest BCUT2D eigenvalue weighted by atomic mass is 10.2. The van der Waals surface area contributed by atoms with Crippen molar-refractivity contribution < 1.29 is 28.5 Å². The predicted octanol–water partition coefficient (Wildman–Crippen LogP) is 2.63. The summed E-state index contributed by atoms with van der Waals surface area (Å²) in [4.78, 5) is 4.48. The summed E-state index contributed by atoms with van der Waals surface area (Å²) in [6, 6.07) is 12.1. The van der Waals surface area contributed by atoms with Crippen molar-refractivity contribution >= 4 is 51.7 Å². The second kappa shape index (κ2) is 9.20. The van der Waals surface area contributed by atoms with E-state index in [0.717, 1.165) is 46.0 Å². The summed E-state index contributed by atoms with van der Waals surface area (Å²) in [6.07, 6.45) is 6.42. The minimum atomic E-state index is 0. The molecule has 158 valence electrons. The Morgan fingerprint density at radius 1 is 0.967 bits per heavy atom. The summed E-state index contributed by atoms with van der Waals surface area (Å²) in [5.74, 6) is 2.26. The van der Waals surface area contributed by atoms with Crippen molar-refractivity contribution in [2.75, 3.05) is 23.4 Å². The molecule has 7 heteroatoms. The highest BCUT2D eigenvalue weighted by atomic mass is 127. The Morgan fingerprint density at radius 3 is 2.37 bits per heavy atom. The van der Waals surface area contributed by atoms with Crippen molar-refractivity contribution in [1.82, 2.24) is 4.57 Å². The number of hydrogen-bond donors (Lipinski definition) is 0. The van der Waals surface area contributed by atoms with Gasteiger partial charge in [-0.2, -0.15) is 0 Å². The number of nitrogens with zero attached hydrogens (tertiary/aromatic N) is 4. The van der Waals surface area contributed by atoms with E-state index in [4.69, 9.17) is 23.2 Å². The van der Waals surface area contributed by atoms with E-state index < -0.39 is 0 Å². The molecule has 0 atom stereocenters. The van der Waals surface area contributed by atoms with E-state index in [1.54, 1.807) is 0 Å². The van der Waals surface area contributed by atoms with Crippen LogP contribution in [0.25, 0.3) is 17.1 Å². The van der Waals surface area contributed by atoms with Crippen molar-refractivity contribution in [3.8, 4) is 0 Å². The fourth-order valence-electron chi connectivity index (χ4n) is 4.13. The minimum Gasteiger partial charge on any atom is -1.00 e. The van der Waals surface area contributed by atoms with Gasteiger partial charge in [0.2, 0.25) is 0 Å². The molecule has 30 heavy (non-hydrogen) atoms. The standard InChI is InChI=1S/C23H25Cl2N4.HI/c1-5-28-18-12-10-16(24)14-20(18)26(3)22(28)8-7-9-23-27(4)21-15-17(25)11-13-19(21)29(23)6-2;/h7-15H,5-6H2,1-4H3;1H/q+1;/p-1. The predicted molar refractivity (Wildman–Crippen MR) is 124 cm³/mol. The molecule has 0 radical (unpaired) electrons. The van der Waals surface area contributed by atoms with Crippen LogP contribution in [0.4, 0.5) is 11.4 Å². The van der Waals surface area contributed by atoms with E-state index in [9.17, 15) is 0 Å². The largest absolute Gasteiger partial charge is 1.00 e. The highest BCUT2D eigenvalue weighted by molar-refractivity contribution is 6.31. The molecule has 0 fully saturated rings. The Bertz CT molecular complexity index is 1150. The summed E-state index contributed by atoms with van der Waals surface area (Å²) in [5.41, 5.74) is 4.62. The number of halogens is 3. The summed E-state index contributed by atoms with van der Waals surface area (Å²) in [5, 5.41) is 1.50. The number of allylic oxidation sites excluding steroid dienone is 2. The first kappa shape index (κ1) is 23.0. The SMILES string of the molecule is CCN1/C(=C\C=C\c2n(C)c3cc(Cl)ccc3[n+]2CC)N(C)c2cc(Cl)ccc21.[I-]. The molecule has 4 nitrogen and oxygen atoms in total. The molecule has 3 aromatic rings. The highest BCUT2D eigenvalue weighted by Gasteiger charge is 2.27. The maximum absolute atomic E-state index is 6.22. The molecule has 0 bridgehead atoms. The Balaban J connectivity index is 0.00000256. The third-order valence-electron chi connectivity index (χ3n) is 5.54. The molecule has 1 aromatic heterocycles. The number of fused-ring (bicyclic) bond motifs is 2. The smallest absolute Gasteiger partial charge is 0.282 e. The maximum Gasteiger partial charge on any atom is 0.282 e. The average Bonchev–Trinajstić information content (AvgIpc) is 3.13. The van der Waals surface area contributed by atoms with Crippen molar-refractivity contribution in [1.29, 1.82) is 0 Å². The van der Waals surface area contributed by atoms with Crippen LogP contribution in [0.3, 0.4) is 0 Å². The van der Waals surface area contributed by atoms with Gasteiger partial charge in [0, 0.05) is 35.8 Å². The first-order valence-corrected chi connectivity index (χ1v) is 10.6. The van der Waals surface area contributed by atoms with E-state index in [1.165, 1.54) is 11.2 Å². The van der Waals surface area contributed by atoms with Gasteiger partial charge in [0.1, 0.15) is 5.82 Å². The van der Waals surface area contributed by atoms with Gasteiger partial charge in [-0.15, -0.1) is 0 Å². The van der Waals surface area contributed by atoms with Crippen molar-refractivity contribution in [3.63, 3.8) is 0 Å². The van der Waals surface area contributed by atoms with E-state index in [2.05, 4.69) is 77.2 Å². The van der Waals surface area contributed by atoms with Gasteiger partial charge in [-0.05, 0) is 50.3 Å². The number of imidazole rings is 1. The number of benzene rings is 2. The summed E-state index contributed by atoms with van der Waals surface area (Å²) in [6.45, 7) is 6.10. The number of hydrogen-bond acceptors (Lipinski definition) is 2. The van der Waals surface area contributed by atoms with E-state index >= 15 is 0 Å². The Hall–Kier alpha value is -1.70. The first-order valence-electron chi connectivity index (χ1n) is 9.83. The second-order valence-electron chi connectivity index (χ2n) is 7.11. The molecule has 1 aliphatic rings. The van der Waals surface area contributed by atoms with Crippen molar-refractivity contribution in [2.24, 2.45) is 7.05 Å². The van der Waals surface area contributed by atoms with Crippen LogP contribution in [0.15, 0.2) is 54.4 Å². The van der Waals surface area contributed by atoms with Crippen molar-refractivity contribution in [2.45, 2.75) is 20.4 Å². The van der Waals surface area contributed by atoms with Crippen LogP contribution in [0.1, 0.15) is 19.7 Å². The molecule has 4 rings (SSSR count). The van der Waals surface area contributed by atoms with Crippen LogP contribution in [0.5, 0.6) is 0 Å². The fraction of sp³-hybridized carbons (Fsp3) is 0.261. The lowest BCUT2D eigenvalue weighted by Gasteiger charge is -2.20. The van der Waals surface area contributed by atoms with Gasteiger partial charge in [0.05, 0.1) is 25.0 Å². The van der Waals surface area contributed by atoms with Crippen LogP contribution in [0.2, 0.25) is 10.0 Å². The molecule has 0 saturated heterocycles. The summed E-state index contributed by atoms with van der Waals surface area (Å²) < 4.78 is 4.48. The molecule has 0 aliphatic carbocycles. The Morgan fingerprint density at radius 2 is 1.67 bits per heavy atom. The monoisotopic (exact) mass is 554 g/mol. The molecule has 0 N–H and O–H groups in total. The molecule has 1 aliphatic heterocycles. The van der Waals surface area contributed by atoms with Gasteiger partial charge >= 0.3 is 0 Å². The first-order chi connectivity index (χ1) is 14.0. The topological polar surface area (TPSA) is 15.3 Å². The van der Waals surface area contributed by atoms with E-state index in [-0.39, 0.29) is 24.0 Å². The lowest BCUT2D eigenvalue weighted by Crippen LogP contribution is -3.00. The summed E-state index contributed by atoms with van der Waals surface area (Å²) in [7, 11) is 4.16. The number of anilines is 2. The molecule has 2 aromatic carbocycles. The van der Waals surface area contributed by atoms with Crippen molar-refractivity contribution in [3.05, 3.63) is 70.2 Å². The second-order valence-corrected chi connectivity index (χ2v) is 7.99. The molecular weight excluding hydrogens is 530 g/mol. The zero-order chi connectivity index (χ0) is 20.7. The molecule has 0 spiro atoms. The van der Waals surface area contributed by atoms with E-state index in [0.29, 0.717) is 0 Å². The maximum atomic E-state index is 6.22. The molecule has 0 amide bonds. The number of rotatable bonds is 4. The fourth-order valence-corrected chi connectivity index (χ4v) is 4.46. The average molecular weight is 555 g/mol. The number of aryl methyl sites for hydroxylation is 2. The van der Waals surface area contributed by atoms with Crippen LogP contribution in [-0.2, 0) is 13.6 Å². The van der Waals surface area contributed by atoms with Gasteiger partial charge in [-0.25, -0.2) is 9.13 Å². The normalized spacial score (nSPS) is 14.8. The quantitative estimate of drug-likeness (QED) is 0.364. The molecule has 2 heterocycles. The minimum absolute atomic E-state index is 0. The third kappa shape index (κ3) is 3.83. The zero-order valence-electron chi connectivity index (χ0n) is 17.5. The molecule has 0 saturated carbocycles. The molecular formula is C23H25Cl2IN4. The van der Waals surface area contributed by atoms with Gasteiger partial charge in [-0.1, -0.05) is 29.3 Å². The highest BCUT2D eigenvalue weighted by Crippen LogP contribution is 2.41. The van der Waals surface area contributed by atoms with Gasteiger partial charge in [0.25, 0.3) is 5.82 Å². The van der Waals surface area contributed by atoms with Gasteiger partial charge < -0.3 is 33.8 Å². The van der Waals surface area contributed by atoms with Crippen LogP contribution >= 0.6 is 23.2 Å². The van der Waals surface area contributed by atoms with Crippen LogP contribution in [-0.4, -0.2) is 18.2 Å².